The van der Waals surface area contributed by atoms with Crippen LogP contribution in [0.5, 0.6) is 0 Å². The van der Waals surface area contributed by atoms with E-state index in [4.69, 9.17) is 5.73 Å². The topological polar surface area (TPSA) is 46.3 Å². The van der Waals surface area contributed by atoms with Gasteiger partial charge in [0, 0.05) is 17.8 Å². The molecule has 2 rings (SSSR count). The number of nitrogens with zero attached hydrogens (tertiary/aromatic N) is 1. The summed E-state index contributed by atoms with van der Waals surface area (Å²) in [5.41, 5.74) is 7.16. The summed E-state index contributed by atoms with van der Waals surface area (Å²) in [4.78, 5) is 13.7. The summed E-state index contributed by atoms with van der Waals surface area (Å²) in [5, 5.41) is 0. The molecule has 1 amide bonds. The van der Waals surface area contributed by atoms with Crippen LogP contribution in [0.2, 0.25) is 0 Å². The van der Waals surface area contributed by atoms with Gasteiger partial charge in [0.25, 0.3) is 0 Å². The monoisotopic (exact) mass is 236 g/mol. The third kappa shape index (κ3) is 2.05. The van der Waals surface area contributed by atoms with Crippen LogP contribution in [0.15, 0.2) is 18.2 Å². The molecule has 0 spiro atoms. The van der Waals surface area contributed by atoms with Gasteiger partial charge in [-0.2, -0.15) is 0 Å². The lowest BCUT2D eigenvalue weighted by Gasteiger charge is -2.21. The Balaban J connectivity index is 2.34. The van der Waals surface area contributed by atoms with E-state index in [9.17, 15) is 9.18 Å². The zero-order valence-corrected chi connectivity index (χ0v) is 10.1. The molecule has 2 atom stereocenters. The Morgan fingerprint density at radius 2 is 2.24 bits per heavy atom. The molecule has 1 heterocycles. The molecular formula is C13H17FN2O. The molecular weight excluding hydrogens is 219 g/mol. The van der Waals surface area contributed by atoms with Crippen molar-refractivity contribution in [3.63, 3.8) is 0 Å². The maximum Gasteiger partial charge on any atom is 0.248 e. The first-order valence-electron chi connectivity index (χ1n) is 5.91. The third-order valence-electron chi connectivity index (χ3n) is 3.34. The lowest BCUT2D eigenvalue weighted by atomic mass is 10.1. The number of carbonyl (C=O) groups excluding carboxylic acids is 1. The first-order chi connectivity index (χ1) is 8.04. The highest BCUT2D eigenvalue weighted by Crippen LogP contribution is 2.35. The predicted molar refractivity (Wildman–Crippen MR) is 65.1 cm³/mol. The quantitative estimate of drug-likeness (QED) is 0.874. The standard InChI is InChI=1S/C13H17FN2O/c1-3-8(2)7-16-11-5-4-9(14)6-10(11)12(15)13(16)17/h4-6,8,12H,3,7,15H2,1-2H3. The smallest absolute Gasteiger partial charge is 0.248 e. The normalized spacial score (nSPS) is 20.6. The molecule has 0 aliphatic carbocycles. The molecule has 0 saturated carbocycles. The summed E-state index contributed by atoms with van der Waals surface area (Å²) in [6.07, 6.45) is 0.996. The molecule has 1 aliphatic rings. The van der Waals surface area contributed by atoms with Gasteiger partial charge in [0.2, 0.25) is 5.91 Å². The van der Waals surface area contributed by atoms with Gasteiger partial charge in [0.15, 0.2) is 0 Å². The van der Waals surface area contributed by atoms with Crippen molar-refractivity contribution < 1.29 is 9.18 Å². The van der Waals surface area contributed by atoms with E-state index in [1.54, 1.807) is 11.0 Å². The Morgan fingerprint density at radius 3 is 2.88 bits per heavy atom. The van der Waals surface area contributed by atoms with E-state index < -0.39 is 6.04 Å². The third-order valence-corrected chi connectivity index (χ3v) is 3.34. The molecule has 1 aromatic carbocycles. The largest absolute Gasteiger partial charge is 0.316 e. The summed E-state index contributed by atoms with van der Waals surface area (Å²) in [7, 11) is 0. The summed E-state index contributed by atoms with van der Waals surface area (Å²) >= 11 is 0. The van der Waals surface area contributed by atoms with Crippen molar-refractivity contribution in [2.24, 2.45) is 11.7 Å². The minimum Gasteiger partial charge on any atom is -0.316 e. The van der Waals surface area contributed by atoms with Gasteiger partial charge in [-0.05, 0) is 24.1 Å². The van der Waals surface area contributed by atoms with Crippen LogP contribution in [0.3, 0.4) is 0 Å². The Morgan fingerprint density at radius 1 is 1.53 bits per heavy atom. The van der Waals surface area contributed by atoms with Crippen LogP contribution in [0.25, 0.3) is 0 Å². The molecule has 2 N–H and O–H groups in total. The molecule has 0 bridgehead atoms. The number of benzene rings is 1. The second kappa shape index (κ2) is 4.45. The number of hydrogen-bond donors (Lipinski definition) is 1. The van der Waals surface area contributed by atoms with Gasteiger partial charge < -0.3 is 10.6 Å². The molecule has 0 aromatic heterocycles. The first-order valence-corrected chi connectivity index (χ1v) is 5.91. The van der Waals surface area contributed by atoms with Crippen molar-refractivity contribution in [2.45, 2.75) is 26.3 Å². The van der Waals surface area contributed by atoms with Crippen LogP contribution in [-0.4, -0.2) is 12.5 Å². The zero-order chi connectivity index (χ0) is 12.6. The molecule has 1 aromatic rings. The van der Waals surface area contributed by atoms with E-state index >= 15 is 0 Å². The fourth-order valence-corrected chi connectivity index (χ4v) is 2.07. The number of anilines is 1. The summed E-state index contributed by atoms with van der Waals surface area (Å²) in [6, 6.07) is 3.64. The number of fused-ring (bicyclic) bond motifs is 1. The molecule has 3 nitrogen and oxygen atoms in total. The Labute approximate surface area is 100 Å². The minimum atomic E-state index is -0.718. The van der Waals surface area contributed by atoms with Crippen molar-refractivity contribution in [3.05, 3.63) is 29.6 Å². The van der Waals surface area contributed by atoms with E-state index in [-0.39, 0.29) is 11.7 Å². The van der Waals surface area contributed by atoms with Crippen molar-refractivity contribution >= 4 is 11.6 Å². The predicted octanol–water partition coefficient (Wildman–Crippen LogP) is 2.22. The highest BCUT2D eigenvalue weighted by Gasteiger charge is 2.35. The molecule has 0 fully saturated rings. The van der Waals surface area contributed by atoms with Crippen molar-refractivity contribution in [1.82, 2.24) is 0 Å². The number of rotatable bonds is 3. The highest BCUT2D eigenvalue weighted by molar-refractivity contribution is 6.04. The second-order valence-corrected chi connectivity index (χ2v) is 4.64. The summed E-state index contributed by atoms with van der Waals surface area (Å²) in [6.45, 7) is 4.80. The number of amides is 1. The minimum absolute atomic E-state index is 0.133. The number of halogens is 1. The van der Waals surface area contributed by atoms with E-state index in [1.807, 2.05) is 0 Å². The van der Waals surface area contributed by atoms with Crippen LogP contribution >= 0.6 is 0 Å². The molecule has 92 valence electrons. The van der Waals surface area contributed by atoms with Gasteiger partial charge in [-0.25, -0.2) is 4.39 Å². The van der Waals surface area contributed by atoms with E-state index in [0.717, 1.165) is 12.1 Å². The second-order valence-electron chi connectivity index (χ2n) is 4.64. The van der Waals surface area contributed by atoms with Crippen LogP contribution in [0.1, 0.15) is 31.9 Å². The van der Waals surface area contributed by atoms with Gasteiger partial charge in [0.1, 0.15) is 11.9 Å². The lowest BCUT2D eigenvalue weighted by molar-refractivity contribution is -0.119. The molecule has 0 radical (unpaired) electrons. The van der Waals surface area contributed by atoms with Crippen LogP contribution in [0, 0.1) is 11.7 Å². The van der Waals surface area contributed by atoms with Gasteiger partial charge in [0.05, 0.1) is 0 Å². The van der Waals surface area contributed by atoms with Gasteiger partial charge in [-0.15, -0.1) is 0 Å². The zero-order valence-electron chi connectivity index (χ0n) is 10.1. The first kappa shape index (κ1) is 12.0. The number of carbonyl (C=O) groups is 1. The van der Waals surface area contributed by atoms with Crippen LogP contribution in [0.4, 0.5) is 10.1 Å². The number of hydrogen-bond acceptors (Lipinski definition) is 2. The molecule has 2 unspecified atom stereocenters. The molecule has 1 aliphatic heterocycles. The molecule has 0 saturated heterocycles. The average Bonchev–Trinajstić information content (AvgIpc) is 2.54. The Bertz CT molecular complexity index is 447. The van der Waals surface area contributed by atoms with Crippen molar-refractivity contribution in [3.8, 4) is 0 Å². The van der Waals surface area contributed by atoms with E-state index in [2.05, 4.69) is 13.8 Å². The summed E-state index contributed by atoms with van der Waals surface area (Å²) < 4.78 is 13.1. The van der Waals surface area contributed by atoms with Crippen molar-refractivity contribution in [2.75, 3.05) is 11.4 Å². The van der Waals surface area contributed by atoms with Crippen LogP contribution in [-0.2, 0) is 4.79 Å². The van der Waals surface area contributed by atoms with Gasteiger partial charge >= 0.3 is 0 Å². The SMILES string of the molecule is CCC(C)CN1C(=O)C(N)c2cc(F)ccc21. The summed E-state index contributed by atoms with van der Waals surface area (Å²) in [5.74, 6) is -0.0783. The van der Waals surface area contributed by atoms with Gasteiger partial charge in [-0.3, -0.25) is 4.79 Å². The van der Waals surface area contributed by atoms with E-state index in [0.29, 0.717) is 18.0 Å². The Hall–Kier alpha value is -1.42. The maximum atomic E-state index is 13.1. The average molecular weight is 236 g/mol. The number of nitrogens with two attached hydrogens (primary N) is 1. The molecule has 17 heavy (non-hydrogen) atoms. The maximum absolute atomic E-state index is 13.1. The highest BCUT2D eigenvalue weighted by atomic mass is 19.1. The molecule has 4 heteroatoms. The lowest BCUT2D eigenvalue weighted by Crippen LogP contribution is -2.34. The fourth-order valence-electron chi connectivity index (χ4n) is 2.07. The van der Waals surface area contributed by atoms with E-state index in [1.165, 1.54) is 12.1 Å². The van der Waals surface area contributed by atoms with Crippen LogP contribution < -0.4 is 10.6 Å². The fraction of sp³-hybridized carbons (Fsp3) is 0.462. The van der Waals surface area contributed by atoms with Crippen molar-refractivity contribution in [1.29, 1.82) is 0 Å². The Kier molecular flexibility index (Phi) is 3.15. The van der Waals surface area contributed by atoms with Gasteiger partial charge in [-0.1, -0.05) is 20.3 Å².